The zero-order valence-electron chi connectivity index (χ0n) is 20.8. The third kappa shape index (κ3) is 4.81. The Morgan fingerprint density at radius 2 is 1.97 bits per heavy atom. The van der Waals surface area contributed by atoms with Gasteiger partial charge < -0.3 is 10.2 Å². The normalized spacial score (nSPS) is 21.3. The fourth-order valence-corrected chi connectivity index (χ4v) is 5.65. The van der Waals surface area contributed by atoms with E-state index in [0.717, 1.165) is 49.3 Å². The van der Waals surface area contributed by atoms with Crippen molar-refractivity contribution in [2.24, 2.45) is 11.3 Å². The molecule has 5 rings (SSSR count). The molecule has 1 saturated heterocycles. The van der Waals surface area contributed by atoms with E-state index in [1.165, 1.54) is 12.8 Å². The molecule has 182 valence electrons. The molecule has 2 aliphatic carbocycles. The van der Waals surface area contributed by atoms with E-state index in [1.807, 2.05) is 19.9 Å². The molecule has 1 atom stereocenters. The summed E-state index contributed by atoms with van der Waals surface area (Å²) in [5.41, 5.74) is 5.00. The maximum atomic E-state index is 13.0. The third-order valence-electron chi connectivity index (χ3n) is 8.12. The zero-order valence-corrected chi connectivity index (χ0v) is 20.8. The number of benzene rings is 1. The summed E-state index contributed by atoms with van der Waals surface area (Å²) >= 11 is 0. The Morgan fingerprint density at radius 1 is 1.20 bits per heavy atom. The first-order valence-electron chi connectivity index (χ1n) is 12.6. The van der Waals surface area contributed by atoms with E-state index < -0.39 is 0 Å². The second-order valence-electron chi connectivity index (χ2n) is 10.8. The van der Waals surface area contributed by atoms with Gasteiger partial charge in [-0.15, -0.1) is 0 Å². The Balaban J connectivity index is 1.25. The summed E-state index contributed by atoms with van der Waals surface area (Å²) < 4.78 is 0. The highest BCUT2D eigenvalue weighted by Gasteiger charge is 2.55. The summed E-state index contributed by atoms with van der Waals surface area (Å²) in [5.74, 6) is 0.329. The summed E-state index contributed by atoms with van der Waals surface area (Å²) in [7, 11) is 0. The molecule has 1 aromatic heterocycles. The van der Waals surface area contributed by atoms with Gasteiger partial charge in [0.05, 0.1) is 17.2 Å². The van der Waals surface area contributed by atoms with Crippen LogP contribution in [0, 0.1) is 36.5 Å². The Bertz CT molecular complexity index is 1190. The molecule has 1 unspecified atom stereocenters. The van der Waals surface area contributed by atoms with E-state index in [1.54, 1.807) is 24.4 Å². The number of carbonyl (C=O) groups excluding carboxylic acids is 2. The van der Waals surface area contributed by atoms with Gasteiger partial charge in [-0.3, -0.25) is 19.5 Å². The minimum absolute atomic E-state index is 0.166. The number of hydrogen-bond acceptors (Lipinski definition) is 5. The predicted octanol–water partition coefficient (Wildman–Crippen LogP) is 4.05. The molecule has 1 aliphatic heterocycles. The molecule has 3 fully saturated rings. The first-order valence-corrected chi connectivity index (χ1v) is 12.6. The third-order valence-corrected chi connectivity index (χ3v) is 8.12. The maximum Gasteiger partial charge on any atom is 0.257 e. The van der Waals surface area contributed by atoms with Crippen molar-refractivity contribution in [3.63, 3.8) is 0 Å². The van der Waals surface area contributed by atoms with Crippen LogP contribution in [0.3, 0.4) is 0 Å². The molecule has 1 aromatic carbocycles. The molecule has 7 nitrogen and oxygen atoms in total. The maximum absolute atomic E-state index is 13.0. The fourth-order valence-electron chi connectivity index (χ4n) is 5.65. The largest absolute Gasteiger partial charge is 0.337 e. The SMILES string of the molecule is Cc1ccc(C(=O)Nc2cc(C#N)cc(CN3CCN(C(=O)C4CC5(CC5)C4)C(C)C3)c2C)cn1. The van der Waals surface area contributed by atoms with Crippen LogP contribution in [0.15, 0.2) is 30.5 Å². The highest BCUT2D eigenvalue weighted by molar-refractivity contribution is 6.04. The van der Waals surface area contributed by atoms with Crippen LogP contribution >= 0.6 is 0 Å². The molecule has 1 spiro atoms. The molecule has 2 amide bonds. The number of nitrogens with one attached hydrogen (secondary N) is 1. The smallest absolute Gasteiger partial charge is 0.257 e. The summed E-state index contributed by atoms with van der Waals surface area (Å²) in [6.07, 6.45) is 6.36. The number of hydrogen-bond donors (Lipinski definition) is 1. The van der Waals surface area contributed by atoms with Crippen molar-refractivity contribution in [1.29, 1.82) is 5.26 Å². The quantitative estimate of drug-likeness (QED) is 0.711. The average Bonchev–Trinajstić information content (AvgIpc) is 3.62. The van der Waals surface area contributed by atoms with Gasteiger partial charge in [-0.25, -0.2) is 0 Å². The number of aryl methyl sites for hydroxylation is 1. The molecule has 0 radical (unpaired) electrons. The van der Waals surface area contributed by atoms with Crippen molar-refractivity contribution in [3.05, 3.63) is 58.4 Å². The highest BCUT2D eigenvalue weighted by Crippen LogP contribution is 2.63. The lowest BCUT2D eigenvalue weighted by molar-refractivity contribution is -0.145. The van der Waals surface area contributed by atoms with Crippen molar-refractivity contribution in [1.82, 2.24) is 14.8 Å². The van der Waals surface area contributed by atoms with Crippen molar-refractivity contribution in [2.75, 3.05) is 25.0 Å². The van der Waals surface area contributed by atoms with Gasteiger partial charge in [-0.1, -0.05) is 0 Å². The number of rotatable bonds is 5. The molecule has 7 heteroatoms. The first-order chi connectivity index (χ1) is 16.8. The molecular formula is C28H33N5O2. The minimum atomic E-state index is -0.244. The van der Waals surface area contributed by atoms with Crippen LogP contribution in [0.25, 0.3) is 0 Å². The monoisotopic (exact) mass is 471 g/mol. The van der Waals surface area contributed by atoms with Crippen molar-refractivity contribution >= 4 is 17.5 Å². The van der Waals surface area contributed by atoms with Crippen LogP contribution in [0.1, 0.15) is 65.3 Å². The lowest BCUT2D eigenvalue weighted by Crippen LogP contribution is -2.56. The number of piperazine rings is 1. The number of amides is 2. The zero-order chi connectivity index (χ0) is 24.7. The van der Waals surface area contributed by atoms with Gasteiger partial charge >= 0.3 is 0 Å². The lowest BCUT2D eigenvalue weighted by atomic mass is 9.71. The number of nitriles is 1. The Morgan fingerprint density at radius 3 is 2.60 bits per heavy atom. The summed E-state index contributed by atoms with van der Waals surface area (Å²) in [5, 5.41) is 12.6. The van der Waals surface area contributed by atoms with Crippen LogP contribution in [-0.2, 0) is 11.3 Å². The van der Waals surface area contributed by atoms with E-state index in [0.29, 0.717) is 34.7 Å². The number of carbonyl (C=O) groups is 2. The molecule has 2 saturated carbocycles. The Kier molecular flexibility index (Phi) is 6.10. The minimum Gasteiger partial charge on any atom is -0.337 e. The topological polar surface area (TPSA) is 89.3 Å². The summed E-state index contributed by atoms with van der Waals surface area (Å²) in [6, 6.07) is 9.58. The average molecular weight is 472 g/mol. The van der Waals surface area contributed by atoms with Gasteiger partial charge in [0, 0.05) is 55.7 Å². The van der Waals surface area contributed by atoms with Gasteiger partial charge in [0.2, 0.25) is 5.91 Å². The standard InChI is InChI=1S/C28H33N5O2/c1-18-4-5-22(15-30-18)26(34)31-25-11-21(14-29)10-23(20(25)3)17-32-8-9-33(19(2)16-32)27(35)24-12-28(13-24)6-7-28/h4-5,10-11,15,19,24H,6-9,12-13,16-17H2,1-3H3,(H,31,34). The predicted molar refractivity (Wildman–Crippen MR) is 134 cm³/mol. The van der Waals surface area contributed by atoms with Gasteiger partial charge in [-0.05, 0) is 87.3 Å². The van der Waals surface area contributed by atoms with E-state index in [9.17, 15) is 14.9 Å². The van der Waals surface area contributed by atoms with Crippen molar-refractivity contribution < 1.29 is 9.59 Å². The van der Waals surface area contributed by atoms with E-state index in [2.05, 4.69) is 33.1 Å². The van der Waals surface area contributed by atoms with Crippen molar-refractivity contribution in [2.45, 2.75) is 59.0 Å². The summed E-state index contributed by atoms with van der Waals surface area (Å²) in [6.45, 7) is 9.02. The van der Waals surface area contributed by atoms with Gasteiger partial charge in [0.25, 0.3) is 5.91 Å². The second kappa shape index (κ2) is 9.09. The van der Waals surface area contributed by atoms with Crippen LogP contribution < -0.4 is 5.32 Å². The van der Waals surface area contributed by atoms with Crippen LogP contribution in [-0.4, -0.2) is 52.3 Å². The van der Waals surface area contributed by atoms with Crippen molar-refractivity contribution in [3.8, 4) is 6.07 Å². The van der Waals surface area contributed by atoms with Crippen LogP contribution in [0.5, 0.6) is 0 Å². The van der Waals surface area contributed by atoms with E-state index in [4.69, 9.17) is 0 Å². The number of anilines is 1. The Labute approximate surface area is 207 Å². The molecule has 35 heavy (non-hydrogen) atoms. The molecule has 2 heterocycles. The molecule has 0 bridgehead atoms. The van der Waals surface area contributed by atoms with E-state index >= 15 is 0 Å². The molecule has 1 N–H and O–H groups in total. The highest BCUT2D eigenvalue weighted by atomic mass is 16.2. The Hall–Kier alpha value is -3.24. The van der Waals surface area contributed by atoms with Gasteiger partial charge in [0.1, 0.15) is 0 Å². The number of pyridine rings is 1. The van der Waals surface area contributed by atoms with Crippen LogP contribution in [0.2, 0.25) is 0 Å². The molecule has 2 aromatic rings. The summed E-state index contributed by atoms with van der Waals surface area (Å²) in [4.78, 5) is 34.4. The van der Waals surface area contributed by atoms with Gasteiger partial charge in [0.15, 0.2) is 0 Å². The van der Waals surface area contributed by atoms with E-state index in [-0.39, 0.29) is 17.9 Å². The fraction of sp³-hybridized carbons (Fsp3) is 0.500. The molecular weight excluding hydrogens is 438 g/mol. The molecule has 3 aliphatic rings. The lowest BCUT2D eigenvalue weighted by Gasteiger charge is -2.44. The van der Waals surface area contributed by atoms with Gasteiger partial charge in [-0.2, -0.15) is 5.26 Å². The van der Waals surface area contributed by atoms with Crippen LogP contribution in [0.4, 0.5) is 5.69 Å². The first kappa shape index (κ1) is 23.5. The number of nitrogens with zero attached hydrogens (tertiary/aromatic N) is 4. The number of aromatic nitrogens is 1. The second-order valence-corrected chi connectivity index (χ2v) is 10.8.